The first-order valence-electron chi connectivity index (χ1n) is 12.3. The SMILES string of the molecule is CCc1ccc([C@@H]2CC(c3ccccc3)=NN2C2=NC(=O)[C@@H](CC(=O)Nc3cccc(SC)c3)S2)cc1. The van der Waals surface area contributed by atoms with Crippen molar-refractivity contribution < 1.29 is 9.59 Å². The molecule has 0 spiro atoms. The molecule has 8 heteroatoms. The van der Waals surface area contributed by atoms with E-state index in [0.29, 0.717) is 11.6 Å². The van der Waals surface area contributed by atoms with Crippen LogP contribution in [0.4, 0.5) is 5.69 Å². The van der Waals surface area contributed by atoms with E-state index in [2.05, 4.69) is 41.5 Å². The van der Waals surface area contributed by atoms with Crippen LogP contribution >= 0.6 is 23.5 Å². The topological polar surface area (TPSA) is 74.1 Å². The minimum atomic E-state index is -0.571. The fourth-order valence-corrected chi connectivity index (χ4v) is 5.93. The summed E-state index contributed by atoms with van der Waals surface area (Å²) in [6.07, 6.45) is 3.73. The molecule has 6 nitrogen and oxygen atoms in total. The molecule has 5 rings (SSSR count). The zero-order chi connectivity index (χ0) is 25.8. The Bertz CT molecular complexity index is 1360. The lowest BCUT2D eigenvalue weighted by Gasteiger charge is -2.23. The van der Waals surface area contributed by atoms with Gasteiger partial charge in [-0.3, -0.25) is 9.59 Å². The summed E-state index contributed by atoms with van der Waals surface area (Å²) in [5, 5.41) is 9.67. The van der Waals surface area contributed by atoms with Crippen molar-refractivity contribution in [3.8, 4) is 0 Å². The van der Waals surface area contributed by atoms with Crippen LogP contribution < -0.4 is 5.32 Å². The zero-order valence-electron chi connectivity index (χ0n) is 20.8. The number of amidine groups is 1. The van der Waals surface area contributed by atoms with E-state index < -0.39 is 5.25 Å². The first-order chi connectivity index (χ1) is 18.0. The first-order valence-corrected chi connectivity index (χ1v) is 14.4. The van der Waals surface area contributed by atoms with E-state index in [1.165, 1.54) is 17.3 Å². The summed E-state index contributed by atoms with van der Waals surface area (Å²) >= 11 is 2.93. The standard InChI is InChI=1S/C29H28N4O2S2/c1-3-19-12-14-21(15-13-19)25-17-24(20-8-5-4-6-9-20)32-33(25)29-31-28(35)26(37-29)18-27(34)30-22-10-7-11-23(16-22)36-2/h4-16,25-26H,3,17-18H2,1-2H3,(H,30,34)/t25-,26+/m0/s1. The van der Waals surface area contributed by atoms with Gasteiger partial charge in [-0.15, -0.1) is 11.8 Å². The van der Waals surface area contributed by atoms with Gasteiger partial charge in [-0.2, -0.15) is 10.1 Å². The number of amides is 2. The summed E-state index contributed by atoms with van der Waals surface area (Å²) in [5.41, 5.74) is 5.13. The minimum Gasteiger partial charge on any atom is -0.326 e. The average Bonchev–Trinajstić information content (AvgIpc) is 3.53. The van der Waals surface area contributed by atoms with Gasteiger partial charge in [0.2, 0.25) is 5.91 Å². The molecular weight excluding hydrogens is 500 g/mol. The van der Waals surface area contributed by atoms with Crippen LogP contribution in [-0.4, -0.2) is 39.2 Å². The van der Waals surface area contributed by atoms with Crippen LogP contribution in [0, 0.1) is 0 Å². The van der Waals surface area contributed by atoms with Gasteiger partial charge in [0.1, 0.15) is 5.25 Å². The molecule has 0 bridgehead atoms. The largest absolute Gasteiger partial charge is 0.326 e. The number of anilines is 1. The molecule has 3 aromatic carbocycles. The number of nitrogens with one attached hydrogen (secondary N) is 1. The Morgan fingerprint density at radius 2 is 1.86 bits per heavy atom. The monoisotopic (exact) mass is 528 g/mol. The maximum absolute atomic E-state index is 12.8. The molecule has 1 N–H and O–H groups in total. The highest BCUT2D eigenvalue weighted by molar-refractivity contribution is 8.15. The van der Waals surface area contributed by atoms with E-state index in [-0.39, 0.29) is 24.3 Å². The number of carbonyl (C=O) groups is 2. The van der Waals surface area contributed by atoms with Gasteiger partial charge in [-0.1, -0.05) is 79.3 Å². The van der Waals surface area contributed by atoms with Gasteiger partial charge >= 0.3 is 0 Å². The van der Waals surface area contributed by atoms with E-state index in [1.54, 1.807) is 11.8 Å². The van der Waals surface area contributed by atoms with E-state index in [9.17, 15) is 9.59 Å². The van der Waals surface area contributed by atoms with Gasteiger partial charge in [0.05, 0.1) is 11.8 Å². The number of rotatable bonds is 7. The predicted molar refractivity (Wildman–Crippen MR) is 153 cm³/mol. The van der Waals surface area contributed by atoms with Crippen LogP contribution in [0.25, 0.3) is 0 Å². The Labute approximate surface area is 225 Å². The molecule has 0 radical (unpaired) electrons. The molecule has 0 unspecified atom stereocenters. The second-order valence-electron chi connectivity index (χ2n) is 8.90. The molecule has 0 saturated heterocycles. The Morgan fingerprint density at radius 1 is 1.08 bits per heavy atom. The molecule has 0 aromatic heterocycles. The van der Waals surface area contributed by atoms with Gasteiger partial charge < -0.3 is 5.32 Å². The lowest BCUT2D eigenvalue weighted by atomic mass is 9.97. The summed E-state index contributed by atoms with van der Waals surface area (Å²) in [6, 6.07) is 26.2. The molecule has 0 saturated carbocycles. The molecule has 2 atom stereocenters. The molecule has 0 fully saturated rings. The van der Waals surface area contributed by atoms with Gasteiger partial charge in [-0.25, -0.2) is 5.01 Å². The fourth-order valence-electron chi connectivity index (χ4n) is 4.41. The van der Waals surface area contributed by atoms with Gasteiger partial charge in [0.15, 0.2) is 5.17 Å². The number of thioether (sulfide) groups is 2. The fraction of sp³-hybridized carbons (Fsp3) is 0.241. The maximum Gasteiger partial charge on any atom is 0.262 e. The number of hydrogen-bond donors (Lipinski definition) is 1. The molecule has 0 aliphatic carbocycles. The number of hydrogen-bond acceptors (Lipinski definition) is 6. The molecule has 2 amide bonds. The smallest absolute Gasteiger partial charge is 0.262 e. The molecule has 37 heavy (non-hydrogen) atoms. The second kappa shape index (κ2) is 11.4. The summed E-state index contributed by atoms with van der Waals surface area (Å²) in [5.74, 6) is -0.501. The maximum atomic E-state index is 12.8. The van der Waals surface area contributed by atoms with Crippen molar-refractivity contribution in [1.82, 2.24) is 5.01 Å². The van der Waals surface area contributed by atoms with E-state index in [0.717, 1.165) is 33.8 Å². The van der Waals surface area contributed by atoms with Gasteiger partial charge in [-0.05, 0) is 47.6 Å². The van der Waals surface area contributed by atoms with Gasteiger partial charge in [0, 0.05) is 23.4 Å². The Balaban J connectivity index is 1.33. The van der Waals surface area contributed by atoms with Gasteiger partial charge in [0.25, 0.3) is 5.91 Å². The zero-order valence-corrected chi connectivity index (χ0v) is 22.4. The highest BCUT2D eigenvalue weighted by Gasteiger charge is 2.39. The van der Waals surface area contributed by atoms with Crippen LogP contribution in [0.2, 0.25) is 0 Å². The Hall–Kier alpha value is -3.36. The lowest BCUT2D eigenvalue weighted by molar-refractivity contribution is -0.121. The normalized spacial score (nSPS) is 19.1. The van der Waals surface area contributed by atoms with Crippen LogP contribution in [0.5, 0.6) is 0 Å². The summed E-state index contributed by atoms with van der Waals surface area (Å²) in [4.78, 5) is 31.0. The number of aliphatic imine (C=N–C) groups is 1. The predicted octanol–water partition coefficient (Wildman–Crippen LogP) is 6.15. The quantitative estimate of drug-likeness (QED) is 0.373. The molecule has 2 aliphatic rings. The molecule has 188 valence electrons. The Morgan fingerprint density at radius 3 is 2.59 bits per heavy atom. The molecule has 3 aromatic rings. The minimum absolute atomic E-state index is 0.0545. The van der Waals surface area contributed by atoms with Crippen LogP contribution in [0.15, 0.2) is 93.9 Å². The number of aryl methyl sites for hydroxylation is 1. The molecular formula is C29H28N4O2S2. The molecule has 2 heterocycles. The number of benzene rings is 3. The third-order valence-corrected chi connectivity index (χ3v) is 8.31. The van der Waals surface area contributed by atoms with E-state index in [1.807, 2.05) is 65.9 Å². The summed E-state index contributed by atoms with van der Waals surface area (Å²) in [7, 11) is 0. The van der Waals surface area contributed by atoms with Crippen molar-refractivity contribution in [3.05, 3.63) is 95.6 Å². The van der Waals surface area contributed by atoms with E-state index in [4.69, 9.17) is 5.10 Å². The van der Waals surface area contributed by atoms with E-state index >= 15 is 0 Å². The summed E-state index contributed by atoms with van der Waals surface area (Å²) in [6.45, 7) is 2.14. The lowest BCUT2D eigenvalue weighted by Crippen LogP contribution is -2.25. The third-order valence-electron chi connectivity index (χ3n) is 6.44. The number of carbonyl (C=O) groups excluding carboxylic acids is 2. The van der Waals surface area contributed by atoms with Crippen molar-refractivity contribution in [2.45, 2.75) is 42.4 Å². The number of hydrazone groups is 1. The highest BCUT2D eigenvalue weighted by atomic mass is 32.2. The van der Waals surface area contributed by atoms with Crippen molar-refractivity contribution in [2.24, 2.45) is 10.1 Å². The van der Waals surface area contributed by atoms with Crippen molar-refractivity contribution in [3.63, 3.8) is 0 Å². The average molecular weight is 529 g/mol. The van der Waals surface area contributed by atoms with Crippen LogP contribution in [-0.2, 0) is 16.0 Å². The third kappa shape index (κ3) is 5.81. The van der Waals surface area contributed by atoms with Crippen molar-refractivity contribution >= 4 is 51.9 Å². The second-order valence-corrected chi connectivity index (χ2v) is 10.9. The first kappa shape index (κ1) is 25.3. The van der Waals surface area contributed by atoms with Crippen molar-refractivity contribution in [1.29, 1.82) is 0 Å². The molecule has 2 aliphatic heterocycles. The highest BCUT2D eigenvalue weighted by Crippen LogP contribution is 2.38. The summed E-state index contributed by atoms with van der Waals surface area (Å²) < 4.78 is 0. The number of nitrogens with zero attached hydrogens (tertiary/aromatic N) is 3. The van der Waals surface area contributed by atoms with Crippen LogP contribution in [0.1, 0.15) is 42.5 Å². The van der Waals surface area contributed by atoms with Crippen LogP contribution in [0.3, 0.4) is 0 Å². The van der Waals surface area contributed by atoms with Crippen molar-refractivity contribution in [2.75, 3.05) is 11.6 Å². The Kier molecular flexibility index (Phi) is 7.76.